The molecule has 7 heteroatoms. The van der Waals surface area contributed by atoms with Crippen molar-refractivity contribution in [2.45, 2.75) is 37.2 Å². The fraction of sp³-hybridized carbons (Fsp3) is 1.00. The molecule has 4 nitrogen and oxygen atoms in total. The van der Waals surface area contributed by atoms with E-state index in [-0.39, 0.29) is 6.42 Å². The van der Waals surface area contributed by atoms with E-state index in [4.69, 9.17) is 14.0 Å². The first-order valence-corrected chi connectivity index (χ1v) is 5.73. The summed E-state index contributed by atoms with van der Waals surface area (Å²) < 4.78 is 54.4. The van der Waals surface area contributed by atoms with Crippen molar-refractivity contribution in [1.82, 2.24) is 0 Å². The molecule has 1 heterocycles. The van der Waals surface area contributed by atoms with Gasteiger partial charge in [-0.3, -0.25) is 0 Å². The van der Waals surface area contributed by atoms with Gasteiger partial charge < -0.3 is 14.0 Å². The van der Waals surface area contributed by atoms with Crippen LogP contribution in [-0.4, -0.2) is 33.0 Å². The third-order valence-electron chi connectivity index (χ3n) is 2.25. The molecule has 0 radical (unpaired) electrons. The SMILES string of the molecule is CC1(CCCC(F)(F)S(=O)O)OCCO1. The van der Waals surface area contributed by atoms with Crippen molar-refractivity contribution in [3.05, 3.63) is 0 Å². The van der Waals surface area contributed by atoms with Gasteiger partial charge in [0.15, 0.2) is 5.79 Å². The minimum Gasteiger partial charge on any atom is -0.348 e. The lowest BCUT2D eigenvalue weighted by Gasteiger charge is -2.22. The second-order valence-corrected chi connectivity index (χ2v) is 4.67. The minimum atomic E-state index is -3.55. The second-order valence-electron chi connectivity index (χ2n) is 3.57. The number of alkyl halides is 2. The predicted octanol–water partition coefficient (Wildman–Crippen LogP) is 1.73. The molecule has 0 spiro atoms. The molecule has 0 bridgehead atoms. The molecule has 1 atom stereocenters. The van der Waals surface area contributed by atoms with Gasteiger partial charge in [0.1, 0.15) is 0 Å². The molecule has 1 unspecified atom stereocenters. The lowest BCUT2D eigenvalue weighted by molar-refractivity contribution is -0.148. The zero-order chi connectivity index (χ0) is 11.5. The van der Waals surface area contributed by atoms with Crippen LogP contribution in [0.2, 0.25) is 0 Å². The molecule has 0 amide bonds. The van der Waals surface area contributed by atoms with Crippen LogP contribution < -0.4 is 0 Å². The molecule has 1 fully saturated rings. The zero-order valence-electron chi connectivity index (χ0n) is 8.37. The lowest BCUT2D eigenvalue weighted by Crippen LogP contribution is -2.28. The maximum Gasteiger partial charge on any atom is 0.345 e. The van der Waals surface area contributed by atoms with Crippen molar-refractivity contribution in [3.63, 3.8) is 0 Å². The van der Waals surface area contributed by atoms with Crippen LogP contribution >= 0.6 is 0 Å². The molecule has 90 valence electrons. The first-order chi connectivity index (χ1) is 6.86. The van der Waals surface area contributed by atoms with Gasteiger partial charge in [-0.25, -0.2) is 4.21 Å². The van der Waals surface area contributed by atoms with Gasteiger partial charge in [-0.1, -0.05) is 0 Å². The van der Waals surface area contributed by atoms with E-state index < -0.39 is 28.5 Å². The highest BCUT2D eigenvalue weighted by molar-refractivity contribution is 7.80. The normalized spacial score (nSPS) is 22.9. The van der Waals surface area contributed by atoms with Crippen LogP contribution in [-0.2, 0) is 20.6 Å². The summed E-state index contributed by atoms with van der Waals surface area (Å²) in [7, 11) is 0. The second kappa shape index (κ2) is 4.82. The Hall–Kier alpha value is -0.110. The summed E-state index contributed by atoms with van der Waals surface area (Å²) in [6.07, 6.45) is -0.270. The highest BCUT2D eigenvalue weighted by Gasteiger charge is 2.38. The summed E-state index contributed by atoms with van der Waals surface area (Å²) >= 11 is -3.11. The Morgan fingerprint density at radius 2 is 2.00 bits per heavy atom. The van der Waals surface area contributed by atoms with Crippen LogP contribution in [0.4, 0.5) is 8.78 Å². The van der Waals surface area contributed by atoms with Crippen molar-refractivity contribution in [2.75, 3.05) is 13.2 Å². The molecule has 0 aromatic heterocycles. The molecule has 0 aromatic rings. The molecule has 1 aliphatic rings. The van der Waals surface area contributed by atoms with E-state index in [1.807, 2.05) is 0 Å². The van der Waals surface area contributed by atoms with Crippen LogP contribution in [0.15, 0.2) is 0 Å². The molecule has 1 rings (SSSR count). The smallest absolute Gasteiger partial charge is 0.345 e. The van der Waals surface area contributed by atoms with E-state index in [9.17, 15) is 13.0 Å². The van der Waals surface area contributed by atoms with E-state index in [1.165, 1.54) is 0 Å². The molecule has 0 aliphatic carbocycles. The van der Waals surface area contributed by atoms with Gasteiger partial charge in [-0.15, -0.1) is 0 Å². The Labute approximate surface area is 89.2 Å². The highest BCUT2D eigenvalue weighted by Crippen LogP contribution is 2.29. The first kappa shape index (κ1) is 13.0. The topological polar surface area (TPSA) is 55.8 Å². The molecule has 15 heavy (non-hydrogen) atoms. The van der Waals surface area contributed by atoms with Gasteiger partial charge in [0.05, 0.1) is 13.2 Å². The Bertz CT molecular complexity index is 241. The summed E-state index contributed by atoms with van der Waals surface area (Å²) in [4.78, 5) is 0. The van der Waals surface area contributed by atoms with Gasteiger partial charge >= 0.3 is 5.25 Å². The monoisotopic (exact) mass is 244 g/mol. The van der Waals surface area contributed by atoms with Gasteiger partial charge in [0.2, 0.25) is 11.1 Å². The third kappa shape index (κ3) is 3.75. The standard InChI is InChI=1S/C8H14F2O4S/c1-7(13-5-6-14-7)3-2-4-8(9,10)15(11)12/h2-6H2,1H3,(H,11,12). The molecule has 1 saturated heterocycles. The van der Waals surface area contributed by atoms with Crippen LogP contribution in [0.3, 0.4) is 0 Å². The third-order valence-corrected chi connectivity index (χ3v) is 2.97. The van der Waals surface area contributed by atoms with E-state index in [2.05, 4.69) is 0 Å². The molecule has 0 aromatic carbocycles. The average Bonchev–Trinajstić information content (AvgIpc) is 2.51. The van der Waals surface area contributed by atoms with E-state index in [0.717, 1.165) is 0 Å². The van der Waals surface area contributed by atoms with Crippen molar-refractivity contribution in [1.29, 1.82) is 0 Å². The first-order valence-electron chi connectivity index (χ1n) is 4.62. The van der Waals surface area contributed by atoms with Crippen LogP contribution in [0.1, 0.15) is 26.2 Å². The molecule has 0 saturated carbocycles. The van der Waals surface area contributed by atoms with E-state index in [0.29, 0.717) is 19.6 Å². The summed E-state index contributed by atoms with van der Waals surface area (Å²) in [5.74, 6) is -0.812. The van der Waals surface area contributed by atoms with Crippen molar-refractivity contribution < 1.29 is 27.0 Å². The predicted molar refractivity (Wildman–Crippen MR) is 49.9 cm³/mol. The number of ether oxygens (including phenoxy) is 2. The minimum absolute atomic E-state index is 0.0792. The highest BCUT2D eigenvalue weighted by atomic mass is 32.2. The largest absolute Gasteiger partial charge is 0.348 e. The van der Waals surface area contributed by atoms with Crippen molar-refractivity contribution in [3.8, 4) is 0 Å². The van der Waals surface area contributed by atoms with E-state index >= 15 is 0 Å². The van der Waals surface area contributed by atoms with Crippen LogP contribution in [0, 0.1) is 0 Å². The summed E-state index contributed by atoms with van der Waals surface area (Å²) in [5, 5.41) is -3.55. The Kier molecular flexibility index (Phi) is 4.16. The fourth-order valence-electron chi connectivity index (χ4n) is 1.40. The van der Waals surface area contributed by atoms with Crippen LogP contribution in [0.5, 0.6) is 0 Å². The number of halogens is 2. The maximum absolute atomic E-state index is 12.7. The zero-order valence-corrected chi connectivity index (χ0v) is 9.19. The lowest BCUT2D eigenvalue weighted by atomic mass is 10.1. The van der Waals surface area contributed by atoms with Gasteiger partial charge in [-0.2, -0.15) is 8.78 Å². The van der Waals surface area contributed by atoms with Crippen LogP contribution in [0.25, 0.3) is 0 Å². The summed E-state index contributed by atoms with van der Waals surface area (Å²) in [6, 6.07) is 0. The summed E-state index contributed by atoms with van der Waals surface area (Å²) in [6.45, 7) is 2.59. The number of hydrogen-bond acceptors (Lipinski definition) is 3. The number of hydrogen-bond donors (Lipinski definition) is 1. The summed E-state index contributed by atoms with van der Waals surface area (Å²) in [5.41, 5.74) is 0. The Balaban J connectivity index is 2.29. The quantitative estimate of drug-likeness (QED) is 0.748. The maximum atomic E-state index is 12.7. The molecular formula is C8H14F2O4S. The molecular weight excluding hydrogens is 230 g/mol. The van der Waals surface area contributed by atoms with Gasteiger partial charge in [0.25, 0.3) is 0 Å². The molecule has 1 aliphatic heterocycles. The number of rotatable bonds is 5. The van der Waals surface area contributed by atoms with E-state index in [1.54, 1.807) is 6.92 Å². The van der Waals surface area contributed by atoms with Gasteiger partial charge in [0, 0.05) is 12.8 Å². The average molecular weight is 244 g/mol. The molecule has 1 N–H and O–H groups in total. The van der Waals surface area contributed by atoms with Crippen molar-refractivity contribution >= 4 is 11.1 Å². The fourth-order valence-corrected chi connectivity index (χ4v) is 1.72. The Morgan fingerprint density at radius 3 is 2.47 bits per heavy atom. The Morgan fingerprint density at radius 1 is 1.47 bits per heavy atom. The van der Waals surface area contributed by atoms with Gasteiger partial charge in [-0.05, 0) is 13.3 Å². The van der Waals surface area contributed by atoms with Crippen molar-refractivity contribution in [2.24, 2.45) is 0 Å².